The Bertz CT molecular complexity index is 583. The molecule has 120 valence electrons. The first-order valence-electron chi connectivity index (χ1n) is 7.48. The zero-order chi connectivity index (χ0) is 15.9. The Morgan fingerprint density at radius 2 is 1.77 bits per heavy atom. The van der Waals surface area contributed by atoms with Gasteiger partial charge in [0.2, 0.25) is 12.1 Å². The van der Waals surface area contributed by atoms with Gasteiger partial charge in [0.25, 0.3) is 0 Å². The normalized spacial score (nSPS) is 10.5. The van der Waals surface area contributed by atoms with Crippen LogP contribution in [0.3, 0.4) is 0 Å². The van der Waals surface area contributed by atoms with Crippen molar-refractivity contribution in [1.82, 2.24) is 4.57 Å². The maximum absolute atomic E-state index is 5.39. The molecular formula is C17H24N2O3. The highest BCUT2D eigenvalue weighted by Crippen LogP contribution is 2.38. The van der Waals surface area contributed by atoms with Crippen LogP contribution in [0.5, 0.6) is 17.2 Å². The van der Waals surface area contributed by atoms with Gasteiger partial charge in [-0.25, -0.2) is 0 Å². The van der Waals surface area contributed by atoms with Crippen molar-refractivity contribution in [2.75, 3.05) is 21.3 Å². The smallest absolute Gasteiger partial charge is 0.204 e. The number of methoxy groups -OCH3 is 3. The van der Waals surface area contributed by atoms with E-state index >= 15 is 0 Å². The summed E-state index contributed by atoms with van der Waals surface area (Å²) in [6, 6.07) is 3.93. The number of ether oxygens (including phenoxy) is 3. The summed E-state index contributed by atoms with van der Waals surface area (Å²) in [5.41, 5.74) is 1.07. The van der Waals surface area contributed by atoms with Crippen molar-refractivity contribution in [3.05, 3.63) is 36.4 Å². The van der Waals surface area contributed by atoms with Gasteiger partial charge in [-0.15, -0.1) is 0 Å². The van der Waals surface area contributed by atoms with Crippen molar-refractivity contribution in [3.8, 4) is 17.2 Å². The highest BCUT2D eigenvalue weighted by molar-refractivity contribution is 5.53. The lowest BCUT2D eigenvalue weighted by Crippen LogP contribution is -2.31. The van der Waals surface area contributed by atoms with Crippen molar-refractivity contribution in [2.45, 2.75) is 32.9 Å². The fourth-order valence-electron chi connectivity index (χ4n) is 2.36. The van der Waals surface area contributed by atoms with Gasteiger partial charge in [0.15, 0.2) is 11.5 Å². The predicted octanol–water partition coefficient (Wildman–Crippen LogP) is 2.45. The van der Waals surface area contributed by atoms with E-state index in [4.69, 9.17) is 14.2 Å². The van der Waals surface area contributed by atoms with Gasteiger partial charge in [0.05, 0.1) is 34.4 Å². The molecule has 5 heteroatoms. The highest BCUT2D eigenvalue weighted by Gasteiger charge is 2.13. The third kappa shape index (κ3) is 3.72. The molecule has 2 rings (SSSR count). The number of benzene rings is 1. The number of hydrogen-bond donors (Lipinski definition) is 0. The largest absolute Gasteiger partial charge is 0.493 e. The molecule has 0 aliphatic rings. The molecule has 1 heterocycles. The zero-order valence-corrected chi connectivity index (χ0v) is 13.8. The lowest BCUT2D eigenvalue weighted by Gasteiger charge is -2.14. The molecule has 0 atom stereocenters. The molecular weight excluding hydrogens is 280 g/mol. The summed E-state index contributed by atoms with van der Waals surface area (Å²) in [6.07, 6.45) is 9.74. The summed E-state index contributed by atoms with van der Waals surface area (Å²) < 4.78 is 20.2. The Labute approximate surface area is 132 Å². The van der Waals surface area contributed by atoms with Gasteiger partial charge < -0.3 is 23.3 Å². The van der Waals surface area contributed by atoms with E-state index in [2.05, 4.69) is 17.8 Å². The van der Waals surface area contributed by atoms with E-state index in [-0.39, 0.29) is 0 Å². The second kappa shape index (κ2) is 7.73. The summed E-state index contributed by atoms with van der Waals surface area (Å²) in [5.74, 6) is 1.95. The van der Waals surface area contributed by atoms with E-state index in [9.17, 15) is 0 Å². The first-order valence-corrected chi connectivity index (χ1v) is 7.48. The lowest BCUT2D eigenvalue weighted by molar-refractivity contribution is -0.700. The van der Waals surface area contributed by atoms with E-state index in [0.29, 0.717) is 23.8 Å². The molecule has 1 aromatic carbocycles. The second-order valence-electron chi connectivity index (χ2n) is 5.11. The molecule has 0 spiro atoms. The molecule has 0 aliphatic carbocycles. The van der Waals surface area contributed by atoms with Crippen molar-refractivity contribution < 1.29 is 18.8 Å². The van der Waals surface area contributed by atoms with E-state index in [1.165, 1.54) is 6.42 Å². The molecule has 0 saturated heterocycles. The fraction of sp³-hybridized carbons (Fsp3) is 0.471. The summed E-state index contributed by atoms with van der Waals surface area (Å²) in [5, 5.41) is 0. The van der Waals surface area contributed by atoms with Crippen molar-refractivity contribution in [1.29, 1.82) is 0 Å². The number of unbranched alkanes of at least 4 members (excludes halogenated alkanes) is 1. The highest BCUT2D eigenvalue weighted by atomic mass is 16.5. The van der Waals surface area contributed by atoms with Crippen molar-refractivity contribution >= 4 is 0 Å². The maximum Gasteiger partial charge on any atom is 0.204 e. The first-order chi connectivity index (χ1) is 10.7. The van der Waals surface area contributed by atoms with Crippen LogP contribution in [0.4, 0.5) is 0 Å². The molecule has 0 bridgehead atoms. The molecule has 0 radical (unpaired) electrons. The summed E-state index contributed by atoms with van der Waals surface area (Å²) in [7, 11) is 4.86. The first kappa shape index (κ1) is 16.2. The summed E-state index contributed by atoms with van der Waals surface area (Å²) in [6.45, 7) is 3.89. The Balaban J connectivity index is 2.20. The van der Waals surface area contributed by atoms with E-state index in [0.717, 1.165) is 18.5 Å². The molecule has 0 saturated carbocycles. The van der Waals surface area contributed by atoms with Crippen LogP contribution >= 0.6 is 0 Å². The summed E-state index contributed by atoms with van der Waals surface area (Å²) >= 11 is 0. The van der Waals surface area contributed by atoms with Crippen molar-refractivity contribution in [3.63, 3.8) is 0 Å². The Morgan fingerprint density at radius 3 is 2.32 bits per heavy atom. The van der Waals surface area contributed by atoms with Crippen LogP contribution in [0.25, 0.3) is 0 Å². The fourth-order valence-corrected chi connectivity index (χ4v) is 2.36. The Kier molecular flexibility index (Phi) is 5.69. The average molecular weight is 304 g/mol. The van der Waals surface area contributed by atoms with Crippen LogP contribution in [0, 0.1) is 6.33 Å². The maximum atomic E-state index is 5.39. The predicted molar refractivity (Wildman–Crippen MR) is 83.6 cm³/mol. The van der Waals surface area contributed by atoms with E-state index in [1.54, 1.807) is 21.3 Å². The Morgan fingerprint density at radius 1 is 1.09 bits per heavy atom. The number of nitrogens with zero attached hydrogens (tertiary/aromatic N) is 2. The van der Waals surface area contributed by atoms with Crippen LogP contribution in [-0.4, -0.2) is 25.9 Å². The number of aromatic nitrogens is 2. The topological polar surface area (TPSA) is 36.5 Å². The Hall–Kier alpha value is -2.17. The zero-order valence-electron chi connectivity index (χ0n) is 13.8. The third-order valence-electron chi connectivity index (χ3n) is 3.51. The quantitative estimate of drug-likeness (QED) is 0.555. The molecule has 2 aromatic rings. The van der Waals surface area contributed by atoms with Gasteiger partial charge in [-0.3, -0.25) is 0 Å². The van der Waals surface area contributed by atoms with Crippen LogP contribution in [0.15, 0.2) is 24.5 Å². The van der Waals surface area contributed by atoms with Gasteiger partial charge in [-0.05, 0) is 36.5 Å². The molecule has 0 unspecified atom stereocenters. The minimum absolute atomic E-state index is 0.614. The standard InChI is InChI=1S/C17H24N2O3/c1-5-6-7-18-8-9-19(13-18)12-14-10-15(20-2)17(22-4)16(11-14)21-3/h8-11H,5-7,12H2,1-4H3. The minimum Gasteiger partial charge on any atom is -0.493 e. The lowest BCUT2D eigenvalue weighted by atomic mass is 10.2. The number of rotatable bonds is 8. The van der Waals surface area contributed by atoms with Gasteiger partial charge >= 0.3 is 0 Å². The van der Waals surface area contributed by atoms with Crippen LogP contribution in [0.1, 0.15) is 25.3 Å². The average Bonchev–Trinajstić information content (AvgIpc) is 2.99. The number of imidazole rings is 1. The molecule has 0 amide bonds. The van der Waals surface area contributed by atoms with E-state index in [1.807, 2.05) is 29.1 Å². The molecule has 0 aliphatic heterocycles. The molecule has 22 heavy (non-hydrogen) atoms. The number of hydrogen-bond acceptors (Lipinski definition) is 3. The number of aryl methyl sites for hydroxylation is 1. The van der Waals surface area contributed by atoms with Crippen molar-refractivity contribution in [2.24, 2.45) is 0 Å². The van der Waals surface area contributed by atoms with Crippen LogP contribution < -0.4 is 18.8 Å². The van der Waals surface area contributed by atoms with Gasteiger partial charge in [-0.2, -0.15) is 0 Å². The van der Waals surface area contributed by atoms with Gasteiger partial charge in [0.1, 0.15) is 0 Å². The SMILES string of the molecule is CCCC[n+]1[c-]n(Cc2cc(OC)c(OC)c(OC)c2)cc1. The van der Waals surface area contributed by atoms with E-state index < -0.39 is 0 Å². The molecule has 5 nitrogen and oxygen atoms in total. The molecule has 0 fully saturated rings. The molecule has 1 aromatic heterocycles. The van der Waals surface area contributed by atoms with Crippen LogP contribution in [0.2, 0.25) is 0 Å². The second-order valence-corrected chi connectivity index (χ2v) is 5.11. The third-order valence-corrected chi connectivity index (χ3v) is 3.51. The van der Waals surface area contributed by atoms with Gasteiger partial charge in [0, 0.05) is 0 Å². The summed E-state index contributed by atoms with van der Waals surface area (Å²) in [4.78, 5) is 0. The monoisotopic (exact) mass is 304 g/mol. The van der Waals surface area contributed by atoms with Gasteiger partial charge in [-0.1, -0.05) is 13.3 Å². The minimum atomic E-state index is 0.614. The van der Waals surface area contributed by atoms with Crippen LogP contribution in [-0.2, 0) is 13.1 Å². The molecule has 0 N–H and O–H groups in total.